The van der Waals surface area contributed by atoms with Crippen LogP contribution in [-0.2, 0) is 24.0 Å². The van der Waals surface area contributed by atoms with E-state index in [-0.39, 0.29) is 18.8 Å². The zero-order chi connectivity index (χ0) is 13.7. The topological polar surface area (TPSA) is 92.8 Å². The summed E-state index contributed by atoms with van der Waals surface area (Å²) >= 11 is 0. The molecule has 1 fully saturated rings. The van der Waals surface area contributed by atoms with Crippen LogP contribution in [0.1, 0.15) is 33.1 Å². The van der Waals surface area contributed by atoms with Gasteiger partial charge in [0.05, 0.1) is 0 Å². The molecule has 0 spiro atoms. The monoisotopic (exact) mass is 256 g/mol. The van der Waals surface area contributed by atoms with Crippen molar-refractivity contribution in [2.45, 2.75) is 39.2 Å². The van der Waals surface area contributed by atoms with Gasteiger partial charge in [0.2, 0.25) is 6.41 Å². The fraction of sp³-hybridized carbons (Fsp3) is 0.636. The highest BCUT2D eigenvalue weighted by atomic mass is 16.7. The van der Waals surface area contributed by atoms with E-state index in [4.69, 9.17) is 4.84 Å². The van der Waals surface area contributed by atoms with Crippen molar-refractivity contribution in [2.75, 3.05) is 0 Å². The summed E-state index contributed by atoms with van der Waals surface area (Å²) in [7, 11) is 0. The lowest BCUT2D eigenvalue weighted by Crippen LogP contribution is -2.43. The van der Waals surface area contributed by atoms with Crippen molar-refractivity contribution < 1.29 is 24.0 Å². The van der Waals surface area contributed by atoms with E-state index in [0.717, 1.165) is 0 Å². The molecule has 18 heavy (non-hydrogen) atoms. The average molecular weight is 256 g/mol. The number of hydroxylamine groups is 2. The highest BCUT2D eigenvalue weighted by molar-refractivity contribution is 6.01. The molecular weight excluding hydrogens is 240 g/mol. The van der Waals surface area contributed by atoms with Gasteiger partial charge in [-0.3, -0.25) is 14.4 Å². The minimum Gasteiger partial charge on any atom is -0.345 e. The number of amides is 3. The van der Waals surface area contributed by atoms with Crippen LogP contribution >= 0.6 is 0 Å². The third-order valence-corrected chi connectivity index (χ3v) is 2.45. The van der Waals surface area contributed by atoms with E-state index in [2.05, 4.69) is 5.32 Å². The molecule has 7 heteroatoms. The Kier molecular flexibility index (Phi) is 4.82. The molecule has 0 aromatic rings. The summed E-state index contributed by atoms with van der Waals surface area (Å²) in [6.45, 7) is 3.75. The number of hydrogen-bond donors (Lipinski definition) is 1. The van der Waals surface area contributed by atoms with Crippen LogP contribution in [0.4, 0.5) is 0 Å². The molecule has 1 rings (SSSR count). The molecule has 0 aliphatic carbocycles. The molecular formula is C11H16N2O5. The van der Waals surface area contributed by atoms with Crippen molar-refractivity contribution in [3.05, 3.63) is 0 Å². The quantitative estimate of drug-likeness (QED) is 0.522. The number of nitrogens with one attached hydrogen (secondary N) is 1. The summed E-state index contributed by atoms with van der Waals surface area (Å²) in [5, 5.41) is 2.79. The SMILES string of the molecule is CC(C)CC(NC=O)C(=O)ON1C(=O)CCC1=O. The minimum atomic E-state index is -0.858. The molecule has 0 radical (unpaired) electrons. The zero-order valence-electron chi connectivity index (χ0n) is 10.3. The smallest absolute Gasteiger partial charge is 0.345 e. The predicted octanol–water partition coefficient (Wildman–Crippen LogP) is -0.246. The predicted molar refractivity (Wildman–Crippen MR) is 59.6 cm³/mol. The Hall–Kier alpha value is -1.92. The maximum atomic E-state index is 11.7. The second kappa shape index (κ2) is 6.13. The number of nitrogens with zero attached hydrogens (tertiary/aromatic N) is 1. The number of hydrogen-bond acceptors (Lipinski definition) is 5. The van der Waals surface area contributed by atoms with Gasteiger partial charge in [0.25, 0.3) is 11.8 Å². The van der Waals surface area contributed by atoms with Gasteiger partial charge in [-0.15, -0.1) is 5.06 Å². The van der Waals surface area contributed by atoms with E-state index >= 15 is 0 Å². The van der Waals surface area contributed by atoms with E-state index in [1.165, 1.54) is 0 Å². The van der Waals surface area contributed by atoms with Crippen molar-refractivity contribution in [3.8, 4) is 0 Å². The molecule has 100 valence electrons. The summed E-state index contributed by atoms with van der Waals surface area (Å²) in [6, 6.07) is -0.858. The van der Waals surface area contributed by atoms with Crippen molar-refractivity contribution in [1.29, 1.82) is 0 Å². The molecule has 1 saturated heterocycles. The first-order valence-corrected chi connectivity index (χ1v) is 5.73. The van der Waals surface area contributed by atoms with Crippen LogP contribution in [0.25, 0.3) is 0 Å². The lowest BCUT2D eigenvalue weighted by molar-refractivity contribution is -0.199. The van der Waals surface area contributed by atoms with Gasteiger partial charge in [-0.25, -0.2) is 4.79 Å². The summed E-state index contributed by atoms with van der Waals surface area (Å²) in [4.78, 5) is 49.4. The Bertz CT molecular complexity index is 350. The first-order valence-electron chi connectivity index (χ1n) is 5.73. The average Bonchev–Trinajstić information content (AvgIpc) is 2.59. The lowest BCUT2D eigenvalue weighted by Gasteiger charge is -2.19. The second-order valence-corrected chi connectivity index (χ2v) is 4.46. The molecule has 1 unspecified atom stereocenters. The standard InChI is InChI=1S/C11H16N2O5/c1-7(2)5-8(12-6-14)11(17)18-13-9(15)3-4-10(13)16/h6-8H,3-5H2,1-2H3,(H,12,14). The van der Waals surface area contributed by atoms with Gasteiger partial charge in [0.15, 0.2) is 0 Å². The summed E-state index contributed by atoms with van der Waals surface area (Å²) in [5.41, 5.74) is 0. The van der Waals surface area contributed by atoms with E-state index in [9.17, 15) is 19.2 Å². The van der Waals surface area contributed by atoms with Crippen LogP contribution in [0.2, 0.25) is 0 Å². The van der Waals surface area contributed by atoms with Crippen molar-refractivity contribution in [3.63, 3.8) is 0 Å². The zero-order valence-corrected chi connectivity index (χ0v) is 10.3. The number of imide groups is 1. The Morgan fingerprint density at radius 1 is 1.39 bits per heavy atom. The maximum absolute atomic E-state index is 11.7. The molecule has 0 bridgehead atoms. The minimum absolute atomic E-state index is 0.0437. The first-order chi connectivity index (χ1) is 8.45. The fourth-order valence-corrected chi connectivity index (χ4v) is 1.60. The largest absolute Gasteiger partial charge is 0.355 e. The first kappa shape index (κ1) is 14.1. The Morgan fingerprint density at radius 3 is 2.39 bits per heavy atom. The maximum Gasteiger partial charge on any atom is 0.355 e. The van der Waals surface area contributed by atoms with E-state index in [1.807, 2.05) is 13.8 Å². The molecule has 0 aromatic carbocycles. The van der Waals surface area contributed by atoms with Crippen LogP contribution in [0.5, 0.6) is 0 Å². The number of carbonyl (C=O) groups is 4. The van der Waals surface area contributed by atoms with Crippen molar-refractivity contribution >= 4 is 24.2 Å². The number of rotatable bonds is 6. The van der Waals surface area contributed by atoms with Crippen molar-refractivity contribution in [1.82, 2.24) is 10.4 Å². The summed E-state index contributed by atoms with van der Waals surface area (Å²) in [6.07, 6.45) is 0.847. The van der Waals surface area contributed by atoms with Crippen molar-refractivity contribution in [2.24, 2.45) is 5.92 Å². The van der Waals surface area contributed by atoms with E-state index in [0.29, 0.717) is 17.9 Å². The van der Waals surface area contributed by atoms with E-state index < -0.39 is 23.8 Å². The van der Waals surface area contributed by atoms with Gasteiger partial charge >= 0.3 is 5.97 Å². The van der Waals surface area contributed by atoms with E-state index in [1.54, 1.807) is 0 Å². The fourth-order valence-electron chi connectivity index (χ4n) is 1.60. The number of carbonyl (C=O) groups excluding carboxylic acids is 4. The molecule has 0 aromatic heterocycles. The highest BCUT2D eigenvalue weighted by Gasteiger charge is 2.34. The molecule has 1 N–H and O–H groups in total. The van der Waals surface area contributed by atoms with Crippen LogP contribution in [0.3, 0.4) is 0 Å². The highest BCUT2D eigenvalue weighted by Crippen LogP contribution is 2.14. The normalized spacial score (nSPS) is 16.9. The van der Waals surface area contributed by atoms with Crippen LogP contribution in [0.15, 0.2) is 0 Å². The van der Waals surface area contributed by atoms with Crippen LogP contribution in [0, 0.1) is 5.92 Å². The second-order valence-electron chi connectivity index (χ2n) is 4.46. The summed E-state index contributed by atoms with van der Waals surface area (Å²) in [5.74, 6) is -1.73. The lowest BCUT2D eigenvalue weighted by atomic mass is 10.0. The Morgan fingerprint density at radius 2 is 1.94 bits per heavy atom. The molecule has 1 aliphatic heterocycles. The third-order valence-electron chi connectivity index (χ3n) is 2.45. The van der Waals surface area contributed by atoms with Gasteiger partial charge < -0.3 is 10.2 Å². The van der Waals surface area contributed by atoms with Gasteiger partial charge in [-0.1, -0.05) is 13.8 Å². The Balaban J connectivity index is 2.63. The molecule has 3 amide bonds. The van der Waals surface area contributed by atoms with Crippen LogP contribution in [-0.4, -0.2) is 35.3 Å². The van der Waals surface area contributed by atoms with Gasteiger partial charge in [0.1, 0.15) is 6.04 Å². The summed E-state index contributed by atoms with van der Waals surface area (Å²) < 4.78 is 0. The third kappa shape index (κ3) is 3.54. The molecule has 1 aliphatic rings. The molecule has 1 atom stereocenters. The molecule has 1 heterocycles. The molecule has 7 nitrogen and oxygen atoms in total. The molecule has 0 saturated carbocycles. The van der Waals surface area contributed by atoms with Crippen LogP contribution < -0.4 is 5.32 Å². The van der Waals surface area contributed by atoms with Gasteiger partial charge in [0, 0.05) is 12.8 Å². The van der Waals surface area contributed by atoms with Gasteiger partial charge in [-0.05, 0) is 12.3 Å². The van der Waals surface area contributed by atoms with Gasteiger partial charge in [-0.2, -0.15) is 0 Å². The Labute approximate surface area is 104 Å².